The molecule has 0 spiro atoms. The lowest BCUT2D eigenvalue weighted by Gasteiger charge is -2.30. The van der Waals surface area contributed by atoms with Crippen molar-refractivity contribution < 1.29 is 4.79 Å². The lowest BCUT2D eigenvalue weighted by molar-refractivity contribution is 0.0945. The van der Waals surface area contributed by atoms with Gasteiger partial charge < -0.3 is 10.2 Å². The van der Waals surface area contributed by atoms with Crippen LogP contribution in [0.4, 0.5) is 11.5 Å². The molecule has 2 aromatic carbocycles. The first-order valence-corrected chi connectivity index (χ1v) is 9.65. The van der Waals surface area contributed by atoms with E-state index >= 15 is 0 Å². The number of para-hydroxylation sites is 1. The predicted molar refractivity (Wildman–Crippen MR) is 111 cm³/mol. The van der Waals surface area contributed by atoms with Gasteiger partial charge in [-0.2, -0.15) is 0 Å². The number of hydrogen-bond donors (Lipinski definition) is 1. The topological polar surface area (TPSA) is 58.1 Å². The average Bonchev–Trinajstić information content (AvgIpc) is 2.72. The summed E-state index contributed by atoms with van der Waals surface area (Å²) in [6, 6.07) is 18.2. The molecule has 0 radical (unpaired) electrons. The van der Waals surface area contributed by atoms with Crippen LogP contribution < -0.4 is 10.2 Å². The van der Waals surface area contributed by atoms with Gasteiger partial charge in [0, 0.05) is 24.8 Å². The van der Waals surface area contributed by atoms with Crippen LogP contribution in [0, 0.1) is 13.8 Å². The highest BCUT2D eigenvalue weighted by Gasteiger charge is 2.21. The Morgan fingerprint density at radius 1 is 1.07 bits per heavy atom. The largest absolute Gasteiger partial charge is 0.347 e. The highest BCUT2D eigenvalue weighted by molar-refractivity contribution is 5.93. The zero-order valence-electron chi connectivity index (χ0n) is 16.3. The SMILES string of the molecule is Cc1nc(C(=O)NCc2ccccc2C)cc(N2CCCc3ccccc32)n1. The maximum absolute atomic E-state index is 12.7. The Bertz CT molecular complexity index is 1010. The number of fused-ring (bicyclic) bond motifs is 1. The second-order valence-electron chi connectivity index (χ2n) is 7.15. The molecule has 142 valence electrons. The molecule has 1 aliphatic heterocycles. The van der Waals surface area contributed by atoms with Gasteiger partial charge in [0.05, 0.1) is 0 Å². The molecule has 1 aliphatic rings. The number of aromatic nitrogens is 2. The van der Waals surface area contributed by atoms with Crippen LogP contribution >= 0.6 is 0 Å². The number of amides is 1. The van der Waals surface area contributed by atoms with Gasteiger partial charge in [-0.05, 0) is 49.4 Å². The van der Waals surface area contributed by atoms with Crippen molar-refractivity contribution in [3.05, 3.63) is 82.8 Å². The third-order valence-electron chi connectivity index (χ3n) is 5.14. The molecule has 1 N–H and O–H groups in total. The van der Waals surface area contributed by atoms with Crippen molar-refractivity contribution >= 4 is 17.4 Å². The Morgan fingerprint density at radius 3 is 2.71 bits per heavy atom. The summed E-state index contributed by atoms with van der Waals surface area (Å²) >= 11 is 0. The van der Waals surface area contributed by atoms with E-state index in [0.29, 0.717) is 18.1 Å². The molecule has 4 rings (SSSR count). The lowest BCUT2D eigenvalue weighted by Crippen LogP contribution is -2.28. The van der Waals surface area contributed by atoms with Crippen LogP contribution in [-0.2, 0) is 13.0 Å². The summed E-state index contributed by atoms with van der Waals surface area (Å²) in [6.45, 7) is 5.24. The molecule has 5 nitrogen and oxygen atoms in total. The minimum atomic E-state index is -0.180. The molecule has 0 bridgehead atoms. The van der Waals surface area contributed by atoms with Crippen molar-refractivity contribution in [2.75, 3.05) is 11.4 Å². The standard InChI is InChI=1S/C23H24N4O/c1-16-8-3-4-10-19(16)15-24-23(28)20-14-22(26-17(2)25-20)27-13-7-11-18-9-5-6-12-21(18)27/h3-6,8-10,12,14H,7,11,13,15H2,1-2H3,(H,24,28). The monoisotopic (exact) mass is 372 g/mol. The summed E-state index contributed by atoms with van der Waals surface area (Å²) in [5, 5.41) is 2.98. The van der Waals surface area contributed by atoms with E-state index in [9.17, 15) is 4.79 Å². The fourth-order valence-electron chi connectivity index (χ4n) is 3.65. The average molecular weight is 372 g/mol. The molecule has 0 saturated heterocycles. The van der Waals surface area contributed by atoms with Crippen molar-refractivity contribution in [1.29, 1.82) is 0 Å². The maximum Gasteiger partial charge on any atom is 0.270 e. The van der Waals surface area contributed by atoms with Crippen LogP contribution in [0.5, 0.6) is 0 Å². The number of benzene rings is 2. The Morgan fingerprint density at radius 2 is 1.86 bits per heavy atom. The molecule has 3 aromatic rings. The van der Waals surface area contributed by atoms with Gasteiger partial charge in [0.25, 0.3) is 5.91 Å². The minimum Gasteiger partial charge on any atom is -0.347 e. The molecule has 0 atom stereocenters. The highest BCUT2D eigenvalue weighted by Crippen LogP contribution is 2.32. The van der Waals surface area contributed by atoms with E-state index in [2.05, 4.69) is 38.4 Å². The lowest BCUT2D eigenvalue weighted by atomic mass is 10.0. The molecule has 0 saturated carbocycles. The fourth-order valence-corrected chi connectivity index (χ4v) is 3.65. The van der Waals surface area contributed by atoms with Gasteiger partial charge in [0.2, 0.25) is 0 Å². The number of nitrogens with zero attached hydrogens (tertiary/aromatic N) is 3. The third-order valence-corrected chi connectivity index (χ3v) is 5.14. The van der Waals surface area contributed by atoms with Gasteiger partial charge in [-0.1, -0.05) is 42.5 Å². The number of rotatable bonds is 4. The summed E-state index contributed by atoms with van der Waals surface area (Å²) < 4.78 is 0. The highest BCUT2D eigenvalue weighted by atomic mass is 16.1. The smallest absolute Gasteiger partial charge is 0.270 e. The Hall–Kier alpha value is -3.21. The molecular formula is C23H24N4O. The molecule has 0 unspecified atom stereocenters. The van der Waals surface area contributed by atoms with E-state index in [1.165, 1.54) is 5.56 Å². The van der Waals surface area contributed by atoms with Crippen molar-refractivity contribution in [3.63, 3.8) is 0 Å². The predicted octanol–water partition coefficient (Wildman–Crippen LogP) is 4.11. The molecule has 28 heavy (non-hydrogen) atoms. The first-order valence-electron chi connectivity index (χ1n) is 9.65. The Labute approximate surface area is 165 Å². The number of carbonyl (C=O) groups excluding carboxylic acids is 1. The van der Waals surface area contributed by atoms with Gasteiger partial charge in [-0.25, -0.2) is 9.97 Å². The van der Waals surface area contributed by atoms with Gasteiger partial charge in [-0.3, -0.25) is 4.79 Å². The van der Waals surface area contributed by atoms with E-state index in [0.717, 1.165) is 42.0 Å². The van der Waals surface area contributed by atoms with Crippen LogP contribution in [0.15, 0.2) is 54.6 Å². The van der Waals surface area contributed by atoms with Gasteiger partial charge in [-0.15, -0.1) is 0 Å². The molecule has 2 heterocycles. The minimum absolute atomic E-state index is 0.180. The molecule has 0 aliphatic carbocycles. The van der Waals surface area contributed by atoms with Gasteiger partial charge in [0.1, 0.15) is 17.3 Å². The zero-order chi connectivity index (χ0) is 19.5. The van der Waals surface area contributed by atoms with E-state index in [1.54, 1.807) is 6.07 Å². The first-order chi connectivity index (χ1) is 13.6. The van der Waals surface area contributed by atoms with E-state index in [1.807, 2.05) is 44.2 Å². The third kappa shape index (κ3) is 3.74. The summed E-state index contributed by atoms with van der Waals surface area (Å²) in [6.07, 6.45) is 2.13. The van der Waals surface area contributed by atoms with Crippen molar-refractivity contribution in [2.24, 2.45) is 0 Å². The molecule has 0 fully saturated rings. The quantitative estimate of drug-likeness (QED) is 0.749. The van der Waals surface area contributed by atoms with Gasteiger partial charge >= 0.3 is 0 Å². The van der Waals surface area contributed by atoms with Crippen LogP contribution in [0.1, 0.15) is 39.4 Å². The number of hydrogen-bond acceptors (Lipinski definition) is 4. The zero-order valence-corrected chi connectivity index (χ0v) is 16.3. The molecular weight excluding hydrogens is 348 g/mol. The number of aryl methyl sites for hydroxylation is 3. The van der Waals surface area contributed by atoms with E-state index in [4.69, 9.17) is 0 Å². The summed E-state index contributed by atoms with van der Waals surface area (Å²) in [4.78, 5) is 23.9. The summed E-state index contributed by atoms with van der Waals surface area (Å²) in [7, 11) is 0. The molecule has 5 heteroatoms. The Kier molecular flexibility index (Phi) is 5.06. The summed E-state index contributed by atoms with van der Waals surface area (Å²) in [5.74, 6) is 1.20. The second kappa shape index (κ2) is 7.80. The number of anilines is 2. The second-order valence-corrected chi connectivity index (χ2v) is 7.15. The van der Waals surface area contributed by atoms with Crippen molar-refractivity contribution in [2.45, 2.75) is 33.2 Å². The normalized spacial score (nSPS) is 13.1. The van der Waals surface area contributed by atoms with Crippen molar-refractivity contribution in [1.82, 2.24) is 15.3 Å². The van der Waals surface area contributed by atoms with Crippen molar-refractivity contribution in [3.8, 4) is 0 Å². The maximum atomic E-state index is 12.7. The van der Waals surface area contributed by atoms with Crippen LogP contribution in [0.3, 0.4) is 0 Å². The van der Waals surface area contributed by atoms with Crippen LogP contribution in [-0.4, -0.2) is 22.4 Å². The van der Waals surface area contributed by atoms with E-state index in [-0.39, 0.29) is 5.91 Å². The number of nitrogens with one attached hydrogen (secondary N) is 1. The molecule has 1 amide bonds. The van der Waals surface area contributed by atoms with E-state index < -0.39 is 0 Å². The van der Waals surface area contributed by atoms with Gasteiger partial charge in [0.15, 0.2) is 0 Å². The number of carbonyl (C=O) groups is 1. The van der Waals surface area contributed by atoms with Crippen LogP contribution in [0.2, 0.25) is 0 Å². The fraction of sp³-hybridized carbons (Fsp3) is 0.261. The Balaban J connectivity index is 1.58. The summed E-state index contributed by atoms with van der Waals surface area (Å²) in [5.41, 5.74) is 5.15. The molecule has 1 aromatic heterocycles. The first kappa shape index (κ1) is 18.2. The van der Waals surface area contributed by atoms with Crippen LogP contribution in [0.25, 0.3) is 0 Å².